The van der Waals surface area contributed by atoms with E-state index < -0.39 is 64.4 Å². The van der Waals surface area contributed by atoms with Gasteiger partial charge in [-0.2, -0.15) is 0 Å². The number of nitrogens with one attached hydrogen (secondary N) is 2. The van der Waals surface area contributed by atoms with Crippen molar-refractivity contribution in [1.29, 1.82) is 0 Å². The first-order valence-electron chi connectivity index (χ1n) is 17.0. The van der Waals surface area contributed by atoms with Gasteiger partial charge in [0, 0.05) is 35.1 Å². The quantitative estimate of drug-likeness (QED) is 0.0342. The van der Waals surface area contributed by atoms with Crippen LogP contribution in [0.5, 0.6) is 11.5 Å². The molecule has 0 radical (unpaired) electrons. The van der Waals surface area contributed by atoms with Crippen molar-refractivity contribution in [2.75, 3.05) is 51.3 Å². The lowest BCUT2D eigenvalue weighted by Gasteiger charge is -2.50. The van der Waals surface area contributed by atoms with Gasteiger partial charge in [0.25, 0.3) is 17.7 Å². The van der Waals surface area contributed by atoms with Gasteiger partial charge in [0.1, 0.15) is 29.4 Å². The number of carbonyl (C=O) groups is 5. The van der Waals surface area contributed by atoms with Crippen molar-refractivity contribution in [2.45, 2.75) is 30.4 Å². The number of benzene rings is 2. The van der Waals surface area contributed by atoms with Crippen molar-refractivity contribution < 1.29 is 53.3 Å². The van der Waals surface area contributed by atoms with Crippen molar-refractivity contribution >= 4 is 75.2 Å². The number of halogens is 1. The fraction of sp³-hybridized carbons (Fsp3) is 0.343. The van der Waals surface area contributed by atoms with Gasteiger partial charge in [-0.05, 0) is 12.1 Å². The summed E-state index contributed by atoms with van der Waals surface area (Å²) in [5, 5.41) is 39.4. The summed E-state index contributed by atoms with van der Waals surface area (Å²) in [5.74, 6) is -4.72. The number of thioether (sulfide) groups is 1. The smallest absolute Gasteiger partial charge is 0.355 e. The van der Waals surface area contributed by atoms with E-state index in [1.54, 1.807) is 18.2 Å². The highest BCUT2D eigenvalue weighted by atomic mass is 35.5. The third-order valence-electron chi connectivity index (χ3n) is 9.52. The number of aliphatic carboxylic acids is 1. The normalized spacial score (nSPS) is 19.6. The summed E-state index contributed by atoms with van der Waals surface area (Å²) >= 11 is 8.45. The number of hydrogen-bond acceptors (Lipinski definition) is 14. The number of likely N-dealkylation sites (tertiary alicyclic amines) is 1. The fourth-order valence-electron chi connectivity index (χ4n) is 6.79. The Morgan fingerprint density at radius 3 is 2.53 bits per heavy atom. The molecule has 17 nitrogen and oxygen atoms in total. The number of β-lactam (4-membered cyclic amide) rings is 1. The molecule has 3 amide bonds. The number of phenols is 2. The number of nitrogens with two attached hydrogens (primary N) is 1. The number of carbonyl (C=O) groups excluding carboxylic acids is 4. The van der Waals surface area contributed by atoms with Gasteiger partial charge in [0.05, 0.1) is 43.9 Å². The van der Waals surface area contributed by atoms with E-state index in [0.29, 0.717) is 28.9 Å². The monoisotopic (exact) mass is 814 g/mol. The number of nitrogen functional groups attached to an aromatic ring is 1. The zero-order valence-corrected chi connectivity index (χ0v) is 31.7. The summed E-state index contributed by atoms with van der Waals surface area (Å²) in [6.45, 7) is 2.64. The fourth-order valence-corrected chi connectivity index (χ4v) is 8.91. The second kappa shape index (κ2) is 16.6. The average molecular weight is 815 g/mol. The molecule has 3 aromatic rings. The van der Waals surface area contributed by atoms with Crippen LogP contribution >= 0.6 is 34.7 Å². The molecule has 2 saturated heterocycles. The highest BCUT2D eigenvalue weighted by Gasteiger charge is 2.55. The van der Waals surface area contributed by atoms with Crippen LogP contribution in [-0.4, -0.2) is 122 Å². The molecule has 4 heterocycles. The number of thiazole rings is 1. The standard InChI is InChI=1S/C35H36ClN7O10S2/c1-52-34(51)26-19(15-43(12-5-6-13-43)14-11-38-29(46)20-9-10-22(44)27(45)23(20)36)16-54-32-25(31(48)42(26)32)40-30(47)24(21-17-55-35(37)39-21)41-53-28(33(49)50)18-7-3-2-4-8-18/h2-4,7-10,17,25,28,32H,5-6,11-16H2,1H3,(H6-,37,38,39,40,41,44,45,46,47,49,50)/p+1/t25-,28+,32-/m1/s1. The molecule has 2 fully saturated rings. The first-order chi connectivity index (χ1) is 26.3. The number of aromatic nitrogens is 1. The second-order valence-corrected chi connectivity index (χ2v) is 15.4. The molecule has 290 valence electrons. The number of hydrogen-bond donors (Lipinski definition) is 6. The Bertz CT molecular complexity index is 2070. The Labute approximate surface area is 327 Å². The second-order valence-electron chi connectivity index (χ2n) is 13.0. The molecular weight excluding hydrogens is 778 g/mol. The van der Waals surface area contributed by atoms with Crippen LogP contribution in [0, 0.1) is 0 Å². The first-order valence-corrected chi connectivity index (χ1v) is 19.3. The minimum Gasteiger partial charge on any atom is -0.504 e. The van der Waals surface area contributed by atoms with E-state index in [1.807, 2.05) is 0 Å². The summed E-state index contributed by atoms with van der Waals surface area (Å²) < 4.78 is 5.65. The number of rotatable bonds is 14. The largest absolute Gasteiger partial charge is 0.504 e. The molecule has 3 aliphatic rings. The van der Waals surface area contributed by atoms with E-state index in [-0.39, 0.29) is 39.2 Å². The molecule has 0 aliphatic carbocycles. The molecule has 20 heteroatoms. The molecule has 0 spiro atoms. The first kappa shape index (κ1) is 39.3. The van der Waals surface area contributed by atoms with E-state index in [4.69, 9.17) is 26.9 Å². The van der Waals surface area contributed by atoms with Gasteiger partial charge >= 0.3 is 11.9 Å². The van der Waals surface area contributed by atoms with E-state index in [1.165, 1.54) is 53.4 Å². The number of carboxylic acids is 1. The number of fused-ring (bicyclic) bond motifs is 1. The third-order valence-corrected chi connectivity index (χ3v) is 11.9. The van der Waals surface area contributed by atoms with Crippen LogP contribution in [0.15, 0.2) is 64.3 Å². The molecule has 1 aromatic heterocycles. The molecule has 7 N–H and O–H groups in total. The molecule has 3 aliphatic heterocycles. The van der Waals surface area contributed by atoms with Crippen LogP contribution < -0.4 is 16.4 Å². The summed E-state index contributed by atoms with van der Waals surface area (Å²) in [7, 11) is 1.22. The highest BCUT2D eigenvalue weighted by Crippen LogP contribution is 2.42. The van der Waals surface area contributed by atoms with Gasteiger partial charge in [0.15, 0.2) is 22.3 Å². The van der Waals surface area contributed by atoms with E-state index >= 15 is 0 Å². The molecule has 3 atom stereocenters. The van der Waals surface area contributed by atoms with Crippen molar-refractivity contribution in [3.8, 4) is 11.5 Å². The van der Waals surface area contributed by atoms with Crippen LogP contribution in [0.4, 0.5) is 5.13 Å². The van der Waals surface area contributed by atoms with Gasteiger partial charge in [-0.15, -0.1) is 23.1 Å². The van der Waals surface area contributed by atoms with E-state index in [2.05, 4.69) is 20.8 Å². The van der Waals surface area contributed by atoms with Crippen LogP contribution in [0.25, 0.3) is 0 Å². The Morgan fingerprint density at radius 1 is 1.15 bits per heavy atom. The predicted molar refractivity (Wildman–Crippen MR) is 201 cm³/mol. The minimum absolute atomic E-state index is 0.00608. The van der Waals surface area contributed by atoms with Gasteiger partial charge in [-0.3, -0.25) is 19.3 Å². The maximum atomic E-state index is 13.8. The van der Waals surface area contributed by atoms with Crippen LogP contribution in [-0.2, 0) is 28.8 Å². The number of oxime groups is 1. The Kier molecular flexibility index (Phi) is 11.8. The lowest BCUT2D eigenvalue weighted by atomic mass is 10.0. The number of methoxy groups -OCH3 is 1. The Hall–Kier alpha value is -5.37. The molecule has 55 heavy (non-hydrogen) atoms. The average Bonchev–Trinajstić information content (AvgIpc) is 3.83. The Morgan fingerprint density at radius 2 is 1.87 bits per heavy atom. The van der Waals surface area contributed by atoms with Crippen LogP contribution in [0.1, 0.15) is 40.6 Å². The van der Waals surface area contributed by atoms with E-state index in [0.717, 1.165) is 37.3 Å². The van der Waals surface area contributed by atoms with Gasteiger partial charge in [-0.1, -0.05) is 47.1 Å². The number of aromatic hydroxyl groups is 2. The third kappa shape index (κ3) is 8.19. The molecule has 0 bridgehead atoms. The van der Waals surface area contributed by atoms with Gasteiger partial charge < -0.3 is 45.7 Å². The van der Waals surface area contributed by atoms with Crippen molar-refractivity contribution in [2.24, 2.45) is 5.16 Å². The number of quaternary nitrogens is 1. The molecule has 0 saturated carbocycles. The van der Waals surface area contributed by atoms with Gasteiger partial charge in [-0.25, -0.2) is 14.6 Å². The number of nitrogens with zero attached hydrogens (tertiary/aromatic N) is 4. The summed E-state index contributed by atoms with van der Waals surface area (Å²) in [4.78, 5) is 76.5. The highest BCUT2D eigenvalue weighted by molar-refractivity contribution is 8.00. The number of carboxylic acid groups (broad SMARTS) is 1. The molecule has 6 rings (SSSR count). The zero-order chi connectivity index (χ0) is 39.4. The van der Waals surface area contributed by atoms with Crippen molar-refractivity contribution in [3.05, 3.63) is 81.0 Å². The summed E-state index contributed by atoms with van der Waals surface area (Å²) in [6, 6.07) is 9.43. The molecule has 2 aromatic carbocycles. The number of anilines is 1. The maximum absolute atomic E-state index is 13.8. The maximum Gasteiger partial charge on any atom is 0.355 e. The Balaban J connectivity index is 1.18. The number of amides is 3. The lowest BCUT2D eigenvalue weighted by molar-refractivity contribution is -0.911. The summed E-state index contributed by atoms with van der Waals surface area (Å²) in [6.07, 6.45) is 0.275. The number of esters is 1. The SMILES string of the molecule is COC(=O)C1=C(C[N+]2(CCNC(=O)c3ccc(O)c(O)c3Cl)CCCC2)CS[C@@H]2[C@H](NC(=O)/C(=N\O[C@H](C(=O)O)c3ccccc3)c3csc(N)n3)C(=O)N12. The topological polar surface area (TPSA) is 243 Å². The minimum atomic E-state index is -1.55. The van der Waals surface area contributed by atoms with Gasteiger partial charge in [0.2, 0.25) is 6.10 Å². The van der Waals surface area contributed by atoms with Crippen molar-refractivity contribution in [3.63, 3.8) is 0 Å². The molecule has 0 unspecified atom stereocenters. The van der Waals surface area contributed by atoms with Crippen LogP contribution in [0.2, 0.25) is 5.02 Å². The van der Waals surface area contributed by atoms with E-state index in [9.17, 15) is 39.3 Å². The predicted octanol–water partition coefficient (Wildman–Crippen LogP) is 2.20. The lowest BCUT2D eigenvalue weighted by Crippen LogP contribution is -2.71. The van der Waals surface area contributed by atoms with Crippen LogP contribution in [0.3, 0.4) is 0 Å². The number of ether oxygens (including phenoxy) is 1. The zero-order valence-electron chi connectivity index (χ0n) is 29.3. The molecular formula is C35H37ClN7O10S2+. The van der Waals surface area contributed by atoms with Crippen molar-refractivity contribution in [1.82, 2.24) is 20.5 Å². The summed E-state index contributed by atoms with van der Waals surface area (Å²) in [5.41, 5.74) is 6.48. The number of phenolic OH excluding ortho intramolecular Hbond substituents is 2.